The maximum absolute atomic E-state index is 16.2. The first kappa shape index (κ1) is 27.1. The number of halogens is 3. The van der Waals surface area contributed by atoms with Gasteiger partial charge >= 0.3 is 0 Å². The van der Waals surface area contributed by atoms with Crippen LogP contribution in [0.3, 0.4) is 0 Å². The van der Waals surface area contributed by atoms with Gasteiger partial charge in [-0.15, -0.1) is 0 Å². The van der Waals surface area contributed by atoms with Gasteiger partial charge in [0.1, 0.15) is 16.5 Å². The standard InChI is InChI=1S/C29H26ClF2N3O3S/c1-15-12-34-26(20-7-6-8-23(17(20)3)39(5,37)38)25(32)27(15)35-16(2)9-21(24(30)28(35)36)22-11-29(22,4)18-10-19(31)14-33-13-18/h6-10,12-14,22H,11H2,1-5H3/t22-,29+/m0/s1. The van der Waals surface area contributed by atoms with Gasteiger partial charge in [0.2, 0.25) is 0 Å². The van der Waals surface area contributed by atoms with E-state index in [1.165, 1.54) is 29.0 Å². The van der Waals surface area contributed by atoms with E-state index in [1.54, 1.807) is 39.1 Å². The molecule has 0 bridgehead atoms. The predicted octanol–water partition coefficient (Wildman–Crippen LogP) is 6.00. The molecule has 1 fully saturated rings. The molecule has 0 aliphatic heterocycles. The molecule has 0 unspecified atom stereocenters. The Morgan fingerprint density at radius 3 is 2.49 bits per heavy atom. The van der Waals surface area contributed by atoms with Gasteiger partial charge < -0.3 is 0 Å². The van der Waals surface area contributed by atoms with E-state index in [-0.39, 0.29) is 27.2 Å². The molecule has 0 radical (unpaired) electrons. The monoisotopic (exact) mass is 569 g/mol. The molecular formula is C29H26ClF2N3O3S. The lowest BCUT2D eigenvalue weighted by molar-refractivity contribution is 0.600. The average molecular weight is 570 g/mol. The van der Waals surface area contributed by atoms with Gasteiger partial charge in [0, 0.05) is 35.3 Å². The Balaban J connectivity index is 1.64. The van der Waals surface area contributed by atoms with E-state index in [9.17, 15) is 17.6 Å². The summed E-state index contributed by atoms with van der Waals surface area (Å²) in [5.41, 5.74) is 1.78. The topological polar surface area (TPSA) is 81.9 Å². The molecule has 1 aromatic carbocycles. The van der Waals surface area contributed by atoms with Crippen LogP contribution in [0.15, 0.2) is 58.6 Å². The molecule has 6 nitrogen and oxygen atoms in total. The fourth-order valence-electron chi connectivity index (χ4n) is 5.43. The Labute approximate surface area is 230 Å². The number of hydrogen-bond donors (Lipinski definition) is 0. The van der Waals surface area contributed by atoms with Crippen LogP contribution < -0.4 is 5.56 Å². The van der Waals surface area contributed by atoms with Gasteiger partial charge in [-0.3, -0.25) is 19.3 Å². The summed E-state index contributed by atoms with van der Waals surface area (Å²) in [5, 5.41) is -0.0360. The first-order valence-electron chi connectivity index (χ1n) is 12.2. The van der Waals surface area contributed by atoms with Crippen LogP contribution >= 0.6 is 11.6 Å². The quantitative estimate of drug-likeness (QED) is 0.294. The highest BCUT2D eigenvalue weighted by Gasteiger charge is 2.53. The molecule has 1 aliphatic rings. The second-order valence-electron chi connectivity index (χ2n) is 10.4. The maximum atomic E-state index is 16.2. The van der Waals surface area contributed by atoms with Crippen molar-refractivity contribution in [2.24, 2.45) is 0 Å². The minimum atomic E-state index is -3.55. The molecule has 1 aliphatic carbocycles. The van der Waals surface area contributed by atoms with E-state index < -0.39 is 32.4 Å². The van der Waals surface area contributed by atoms with Crippen molar-refractivity contribution < 1.29 is 17.2 Å². The fraction of sp³-hybridized carbons (Fsp3) is 0.276. The lowest BCUT2D eigenvalue weighted by Gasteiger charge is -2.19. The van der Waals surface area contributed by atoms with Crippen LogP contribution in [0.4, 0.5) is 8.78 Å². The highest BCUT2D eigenvalue weighted by atomic mass is 35.5. The molecule has 10 heteroatoms. The summed E-state index contributed by atoms with van der Waals surface area (Å²) in [5.74, 6) is -1.33. The van der Waals surface area contributed by atoms with Crippen LogP contribution in [-0.2, 0) is 15.3 Å². The van der Waals surface area contributed by atoms with Gasteiger partial charge in [0.15, 0.2) is 15.7 Å². The van der Waals surface area contributed by atoms with Crippen LogP contribution in [-0.4, -0.2) is 29.2 Å². The second kappa shape index (κ2) is 9.34. The smallest absolute Gasteiger partial charge is 0.274 e. The Hall–Kier alpha value is -3.43. The van der Waals surface area contributed by atoms with Crippen molar-refractivity contribution in [3.05, 3.63) is 104 Å². The third-order valence-corrected chi connectivity index (χ3v) is 9.30. The number of aromatic nitrogens is 3. The summed E-state index contributed by atoms with van der Waals surface area (Å²) >= 11 is 6.63. The predicted molar refractivity (Wildman–Crippen MR) is 146 cm³/mol. The van der Waals surface area contributed by atoms with Crippen molar-refractivity contribution in [2.75, 3.05) is 6.26 Å². The third kappa shape index (κ3) is 4.47. The molecular weight excluding hydrogens is 544 g/mol. The number of benzene rings is 1. The van der Waals surface area contributed by atoms with Gasteiger partial charge in [0.05, 0.1) is 16.8 Å². The van der Waals surface area contributed by atoms with Crippen LogP contribution in [0, 0.1) is 32.4 Å². The lowest BCUT2D eigenvalue weighted by Crippen LogP contribution is -2.25. The minimum Gasteiger partial charge on any atom is -0.277 e. The first-order valence-corrected chi connectivity index (χ1v) is 14.5. The van der Waals surface area contributed by atoms with Crippen molar-refractivity contribution in [3.8, 4) is 16.9 Å². The zero-order valence-corrected chi connectivity index (χ0v) is 23.6. The SMILES string of the molecule is Cc1cnc(-c2cccc(S(C)(=O)=O)c2C)c(F)c1-n1c(C)cc([C@@H]2C[C@]2(C)c2cncc(F)c2)c(Cl)c1=O. The highest BCUT2D eigenvalue weighted by molar-refractivity contribution is 7.90. The summed E-state index contributed by atoms with van der Waals surface area (Å²) in [6, 6.07) is 7.78. The molecule has 1 saturated carbocycles. The third-order valence-electron chi connectivity index (χ3n) is 7.68. The second-order valence-corrected chi connectivity index (χ2v) is 12.8. The lowest BCUT2D eigenvalue weighted by atomic mass is 9.94. The molecule has 3 heterocycles. The van der Waals surface area contributed by atoms with Gasteiger partial charge in [-0.05, 0) is 73.6 Å². The molecule has 0 spiro atoms. The molecule has 2 atom stereocenters. The molecule has 0 N–H and O–H groups in total. The van der Waals surface area contributed by atoms with E-state index in [1.807, 2.05) is 6.92 Å². The van der Waals surface area contributed by atoms with Crippen molar-refractivity contribution in [3.63, 3.8) is 0 Å². The van der Waals surface area contributed by atoms with E-state index in [0.717, 1.165) is 18.0 Å². The number of rotatable bonds is 5. The molecule has 0 amide bonds. The van der Waals surface area contributed by atoms with E-state index in [2.05, 4.69) is 9.97 Å². The van der Waals surface area contributed by atoms with Gasteiger partial charge in [-0.2, -0.15) is 0 Å². The van der Waals surface area contributed by atoms with Crippen molar-refractivity contribution in [2.45, 2.75) is 50.3 Å². The Kier molecular flexibility index (Phi) is 6.50. The molecule has 39 heavy (non-hydrogen) atoms. The van der Waals surface area contributed by atoms with E-state index >= 15 is 4.39 Å². The number of nitrogens with zero attached hydrogens (tertiary/aromatic N) is 3. The number of sulfone groups is 1. The first-order chi connectivity index (χ1) is 18.3. The van der Waals surface area contributed by atoms with Gasteiger partial charge in [-0.25, -0.2) is 17.2 Å². The van der Waals surface area contributed by atoms with Crippen LogP contribution in [0.5, 0.6) is 0 Å². The van der Waals surface area contributed by atoms with Crippen molar-refractivity contribution >= 4 is 21.4 Å². The average Bonchev–Trinajstić information content (AvgIpc) is 3.55. The zero-order valence-electron chi connectivity index (χ0n) is 22.0. The van der Waals surface area contributed by atoms with E-state index in [0.29, 0.717) is 34.4 Å². The van der Waals surface area contributed by atoms with E-state index in [4.69, 9.17) is 11.6 Å². The molecule has 3 aromatic heterocycles. The number of aryl methyl sites for hydroxylation is 2. The van der Waals surface area contributed by atoms with Gasteiger partial charge in [0.25, 0.3) is 5.56 Å². The molecule has 4 aromatic rings. The van der Waals surface area contributed by atoms with Crippen molar-refractivity contribution in [1.82, 2.24) is 14.5 Å². The summed E-state index contributed by atoms with van der Waals surface area (Å²) in [6.07, 6.45) is 5.95. The highest BCUT2D eigenvalue weighted by Crippen LogP contribution is 2.61. The van der Waals surface area contributed by atoms with Crippen LogP contribution in [0.25, 0.3) is 16.9 Å². The maximum Gasteiger partial charge on any atom is 0.274 e. The van der Waals surface area contributed by atoms with Crippen LogP contribution in [0.1, 0.15) is 47.2 Å². The largest absolute Gasteiger partial charge is 0.277 e. The summed E-state index contributed by atoms with van der Waals surface area (Å²) in [4.78, 5) is 21.9. The Morgan fingerprint density at radius 1 is 1.10 bits per heavy atom. The van der Waals surface area contributed by atoms with Gasteiger partial charge in [-0.1, -0.05) is 30.7 Å². The minimum absolute atomic E-state index is 0.00648. The number of hydrogen-bond acceptors (Lipinski definition) is 5. The fourth-order valence-corrected chi connectivity index (χ4v) is 6.69. The Bertz CT molecular complexity index is 1840. The normalized spacial score (nSPS) is 18.8. The molecule has 202 valence electrons. The Morgan fingerprint density at radius 2 is 1.82 bits per heavy atom. The van der Waals surface area contributed by atoms with Crippen LogP contribution in [0.2, 0.25) is 5.02 Å². The molecule has 0 saturated heterocycles. The summed E-state index contributed by atoms with van der Waals surface area (Å²) in [6.45, 7) is 6.89. The summed E-state index contributed by atoms with van der Waals surface area (Å²) in [7, 11) is -3.55. The van der Waals surface area contributed by atoms with Crippen molar-refractivity contribution in [1.29, 1.82) is 0 Å². The zero-order chi connectivity index (χ0) is 28.4. The number of pyridine rings is 3. The summed E-state index contributed by atoms with van der Waals surface area (Å²) < 4.78 is 55.7. The molecule has 5 rings (SSSR count).